The Morgan fingerprint density at radius 3 is 2.83 bits per heavy atom. The zero-order valence-corrected chi connectivity index (χ0v) is 10.1. The first-order valence-electron chi connectivity index (χ1n) is 6.31. The quantitative estimate of drug-likeness (QED) is 0.664. The third-order valence-electron chi connectivity index (χ3n) is 3.31. The molecule has 98 valence electrons. The minimum absolute atomic E-state index is 0.0431. The first kappa shape index (κ1) is 13.0. The first-order chi connectivity index (χ1) is 8.72. The average molecular weight is 252 g/mol. The number of carbonyl (C=O) groups is 1. The van der Waals surface area contributed by atoms with E-state index in [9.17, 15) is 14.3 Å². The summed E-state index contributed by atoms with van der Waals surface area (Å²) < 4.78 is 19.2. The molecule has 0 amide bonds. The van der Waals surface area contributed by atoms with Crippen LogP contribution >= 0.6 is 0 Å². The van der Waals surface area contributed by atoms with Crippen molar-refractivity contribution in [2.75, 3.05) is 0 Å². The number of ether oxygens (including phenoxy) is 1. The lowest BCUT2D eigenvalue weighted by molar-refractivity contribution is 0.0293. The SMILES string of the molecule is O=Cc1cccc(F)c1OC1CCCCCC1O. The monoisotopic (exact) mass is 252 g/mol. The van der Waals surface area contributed by atoms with Gasteiger partial charge in [0.15, 0.2) is 17.9 Å². The molecule has 1 aromatic rings. The number of halogens is 1. The fourth-order valence-corrected chi connectivity index (χ4v) is 2.29. The van der Waals surface area contributed by atoms with Gasteiger partial charge in [0.05, 0.1) is 11.7 Å². The minimum atomic E-state index is -0.591. The summed E-state index contributed by atoms with van der Waals surface area (Å²) in [5.41, 5.74) is 0.187. The molecule has 1 aliphatic carbocycles. The highest BCUT2D eigenvalue weighted by Crippen LogP contribution is 2.27. The summed E-state index contributed by atoms with van der Waals surface area (Å²) in [7, 11) is 0. The average Bonchev–Trinajstić information content (AvgIpc) is 2.57. The van der Waals surface area contributed by atoms with Gasteiger partial charge in [0.2, 0.25) is 0 Å². The molecule has 0 bridgehead atoms. The molecule has 1 aliphatic rings. The number of benzene rings is 1. The van der Waals surface area contributed by atoms with Gasteiger partial charge in [-0.3, -0.25) is 4.79 Å². The molecule has 1 N–H and O–H groups in total. The number of aldehydes is 1. The highest BCUT2D eigenvalue weighted by Gasteiger charge is 2.25. The van der Waals surface area contributed by atoms with Crippen LogP contribution in [-0.2, 0) is 0 Å². The molecule has 1 saturated carbocycles. The molecule has 18 heavy (non-hydrogen) atoms. The van der Waals surface area contributed by atoms with Crippen LogP contribution in [-0.4, -0.2) is 23.6 Å². The van der Waals surface area contributed by atoms with Crippen molar-refractivity contribution in [1.29, 1.82) is 0 Å². The summed E-state index contributed by atoms with van der Waals surface area (Å²) in [6, 6.07) is 4.23. The molecule has 0 heterocycles. The molecule has 0 aromatic heterocycles. The standard InChI is InChI=1S/C14H17FO3/c15-11-6-4-5-10(9-16)14(11)18-13-8-3-1-2-7-12(13)17/h4-6,9,12-13,17H,1-3,7-8H2. The fourth-order valence-electron chi connectivity index (χ4n) is 2.29. The second-order valence-corrected chi connectivity index (χ2v) is 4.64. The number of hydrogen-bond acceptors (Lipinski definition) is 3. The number of carbonyl (C=O) groups excluding carboxylic acids is 1. The molecule has 0 aliphatic heterocycles. The Balaban J connectivity index is 2.19. The van der Waals surface area contributed by atoms with Crippen LogP contribution in [0.1, 0.15) is 42.5 Å². The third-order valence-corrected chi connectivity index (χ3v) is 3.31. The molecule has 1 aromatic carbocycles. The van der Waals surface area contributed by atoms with E-state index in [-0.39, 0.29) is 11.3 Å². The van der Waals surface area contributed by atoms with Crippen molar-refractivity contribution in [2.24, 2.45) is 0 Å². The van der Waals surface area contributed by atoms with Crippen molar-refractivity contribution in [2.45, 2.75) is 44.3 Å². The number of hydrogen-bond donors (Lipinski definition) is 1. The van der Waals surface area contributed by atoms with Crippen LogP contribution < -0.4 is 4.74 Å². The van der Waals surface area contributed by atoms with Crippen LogP contribution in [0, 0.1) is 5.82 Å². The molecule has 2 atom stereocenters. The van der Waals surface area contributed by atoms with Crippen LogP contribution in [0.15, 0.2) is 18.2 Å². The summed E-state index contributed by atoms with van der Waals surface area (Å²) in [5.74, 6) is -0.602. The Labute approximate surface area is 106 Å². The molecular weight excluding hydrogens is 235 g/mol. The highest BCUT2D eigenvalue weighted by molar-refractivity contribution is 5.79. The lowest BCUT2D eigenvalue weighted by Gasteiger charge is -2.23. The smallest absolute Gasteiger partial charge is 0.165 e. The Kier molecular flexibility index (Phi) is 4.31. The third kappa shape index (κ3) is 2.88. The van der Waals surface area contributed by atoms with E-state index in [0.717, 1.165) is 19.3 Å². The maximum absolute atomic E-state index is 13.7. The second-order valence-electron chi connectivity index (χ2n) is 4.64. The first-order valence-corrected chi connectivity index (χ1v) is 6.31. The summed E-state index contributed by atoms with van der Waals surface area (Å²) >= 11 is 0. The van der Waals surface area contributed by atoms with Gasteiger partial charge < -0.3 is 9.84 Å². The van der Waals surface area contributed by atoms with Gasteiger partial charge in [-0.25, -0.2) is 4.39 Å². The summed E-state index contributed by atoms with van der Waals surface area (Å²) in [5, 5.41) is 9.93. The van der Waals surface area contributed by atoms with Crippen molar-refractivity contribution in [3.05, 3.63) is 29.6 Å². The second kappa shape index (κ2) is 5.96. The molecule has 1 fully saturated rings. The lowest BCUT2D eigenvalue weighted by Crippen LogP contribution is -2.31. The van der Waals surface area contributed by atoms with Gasteiger partial charge in [0.25, 0.3) is 0 Å². The number of para-hydroxylation sites is 1. The molecule has 2 unspecified atom stereocenters. The van der Waals surface area contributed by atoms with Gasteiger partial charge in [-0.05, 0) is 31.4 Å². The van der Waals surface area contributed by atoms with Gasteiger partial charge in [0, 0.05) is 0 Å². The molecule has 3 nitrogen and oxygen atoms in total. The van der Waals surface area contributed by atoms with E-state index in [0.29, 0.717) is 19.1 Å². The predicted octanol–water partition coefficient (Wildman–Crippen LogP) is 2.71. The molecule has 0 spiro atoms. The van der Waals surface area contributed by atoms with Crippen molar-refractivity contribution in [1.82, 2.24) is 0 Å². The molecule has 0 radical (unpaired) electrons. The van der Waals surface area contributed by atoms with E-state index >= 15 is 0 Å². The molecule has 2 rings (SSSR count). The number of rotatable bonds is 3. The van der Waals surface area contributed by atoms with Gasteiger partial charge in [-0.1, -0.05) is 18.9 Å². The van der Waals surface area contributed by atoms with Crippen molar-refractivity contribution < 1.29 is 19.0 Å². The van der Waals surface area contributed by atoms with Crippen LogP contribution in [0.5, 0.6) is 5.75 Å². The van der Waals surface area contributed by atoms with E-state index < -0.39 is 18.0 Å². The largest absolute Gasteiger partial charge is 0.484 e. The molecular formula is C14H17FO3. The lowest BCUT2D eigenvalue weighted by atomic mass is 10.1. The summed E-state index contributed by atoms with van der Waals surface area (Å²) in [4.78, 5) is 10.9. The zero-order chi connectivity index (χ0) is 13.0. The molecule has 0 saturated heterocycles. The van der Waals surface area contributed by atoms with Gasteiger partial charge in [-0.2, -0.15) is 0 Å². The Morgan fingerprint density at radius 2 is 2.06 bits per heavy atom. The maximum atomic E-state index is 13.7. The van der Waals surface area contributed by atoms with E-state index in [1.807, 2.05) is 0 Å². The maximum Gasteiger partial charge on any atom is 0.165 e. The van der Waals surface area contributed by atoms with Crippen LogP contribution in [0.4, 0.5) is 4.39 Å². The van der Waals surface area contributed by atoms with Crippen molar-refractivity contribution in [3.8, 4) is 5.75 Å². The van der Waals surface area contributed by atoms with E-state index in [2.05, 4.69) is 0 Å². The van der Waals surface area contributed by atoms with Crippen molar-refractivity contribution in [3.63, 3.8) is 0 Å². The van der Waals surface area contributed by atoms with Crippen LogP contribution in [0.3, 0.4) is 0 Å². The zero-order valence-electron chi connectivity index (χ0n) is 10.1. The number of aliphatic hydroxyl groups is 1. The van der Waals surface area contributed by atoms with Crippen LogP contribution in [0.2, 0.25) is 0 Å². The Bertz CT molecular complexity index is 420. The van der Waals surface area contributed by atoms with Crippen molar-refractivity contribution >= 4 is 6.29 Å². The number of aliphatic hydroxyl groups excluding tert-OH is 1. The minimum Gasteiger partial charge on any atom is -0.484 e. The van der Waals surface area contributed by atoms with Gasteiger partial charge in [0.1, 0.15) is 6.10 Å². The van der Waals surface area contributed by atoms with E-state index in [4.69, 9.17) is 4.74 Å². The normalized spacial score (nSPS) is 24.3. The fraction of sp³-hybridized carbons (Fsp3) is 0.500. The van der Waals surface area contributed by atoms with Gasteiger partial charge >= 0.3 is 0 Å². The summed E-state index contributed by atoms with van der Waals surface area (Å²) in [6.07, 6.45) is 3.86. The van der Waals surface area contributed by atoms with E-state index in [1.54, 1.807) is 0 Å². The summed E-state index contributed by atoms with van der Waals surface area (Å²) in [6.45, 7) is 0. The Morgan fingerprint density at radius 1 is 1.28 bits per heavy atom. The Hall–Kier alpha value is -1.42. The predicted molar refractivity (Wildman–Crippen MR) is 65.3 cm³/mol. The molecule has 4 heteroatoms. The van der Waals surface area contributed by atoms with E-state index in [1.165, 1.54) is 18.2 Å². The highest BCUT2D eigenvalue weighted by atomic mass is 19.1. The van der Waals surface area contributed by atoms with Gasteiger partial charge in [-0.15, -0.1) is 0 Å². The topological polar surface area (TPSA) is 46.5 Å². The van der Waals surface area contributed by atoms with Crippen LogP contribution in [0.25, 0.3) is 0 Å².